The molecule has 1 rings (SSSR count). The van der Waals surface area contributed by atoms with Crippen LogP contribution in [0.5, 0.6) is 0 Å². The molecule has 0 radical (unpaired) electrons. The van der Waals surface area contributed by atoms with E-state index in [2.05, 4.69) is 0 Å². The molecule has 0 heterocycles. The lowest BCUT2D eigenvalue weighted by Gasteiger charge is -2.18. The molecule has 1 aliphatic rings. The first kappa shape index (κ1) is 10.4. The molecule has 3 heteroatoms. The first-order valence-corrected chi connectivity index (χ1v) is 4.93. The van der Waals surface area contributed by atoms with Gasteiger partial charge in [-0.3, -0.25) is 0 Å². The summed E-state index contributed by atoms with van der Waals surface area (Å²) in [7, 11) is 0. The fraction of sp³-hybridized carbons (Fsp3) is 0.900. The minimum absolute atomic E-state index is 0.0625. The average molecular weight is 187 g/mol. The van der Waals surface area contributed by atoms with Crippen molar-refractivity contribution in [2.45, 2.75) is 45.0 Å². The highest BCUT2D eigenvalue weighted by molar-refractivity contribution is 4.90. The summed E-state index contributed by atoms with van der Waals surface area (Å²) in [5.41, 5.74) is 0. The zero-order chi connectivity index (χ0) is 9.68. The molecule has 1 fully saturated rings. The molecule has 0 bridgehead atoms. The van der Waals surface area contributed by atoms with Crippen LogP contribution in [0.2, 0.25) is 0 Å². The van der Waals surface area contributed by atoms with Gasteiger partial charge in [0.1, 0.15) is 5.92 Å². The Morgan fingerprint density at radius 3 is 2.00 bits per heavy atom. The molecule has 0 aromatic rings. The van der Waals surface area contributed by atoms with Gasteiger partial charge in [0.25, 0.3) is 6.43 Å². The van der Waals surface area contributed by atoms with Gasteiger partial charge in [-0.05, 0) is 18.8 Å². The molecule has 0 amide bonds. The van der Waals surface area contributed by atoms with Crippen molar-refractivity contribution in [3.63, 3.8) is 0 Å². The maximum absolute atomic E-state index is 12.4. The van der Waals surface area contributed by atoms with Crippen LogP contribution in [0, 0.1) is 23.2 Å². The Morgan fingerprint density at radius 1 is 1.08 bits per heavy atom. The molecule has 0 saturated heterocycles. The summed E-state index contributed by atoms with van der Waals surface area (Å²) < 4.78 is 24.8. The summed E-state index contributed by atoms with van der Waals surface area (Å²) in [6, 6.07) is 1.75. The standard InChI is InChI=1S/C10H15F2N/c11-10(12)9(7-13)8-5-3-1-2-4-6-8/h8-10H,1-6H2. The molecular formula is C10H15F2N. The lowest BCUT2D eigenvalue weighted by atomic mass is 9.87. The predicted molar refractivity (Wildman–Crippen MR) is 46.3 cm³/mol. The number of nitrogens with zero attached hydrogens (tertiary/aromatic N) is 1. The highest BCUT2D eigenvalue weighted by Gasteiger charge is 2.29. The van der Waals surface area contributed by atoms with Crippen LogP contribution >= 0.6 is 0 Å². The van der Waals surface area contributed by atoms with E-state index in [1.165, 1.54) is 0 Å². The van der Waals surface area contributed by atoms with Crippen molar-refractivity contribution in [2.24, 2.45) is 11.8 Å². The number of halogens is 2. The number of nitriles is 1. The zero-order valence-corrected chi connectivity index (χ0v) is 7.68. The SMILES string of the molecule is N#CC(C(F)F)C1CCCCCC1. The summed E-state index contributed by atoms with van der Waals surface area (Å²) in [5, 5.41) is 8.61. The third-order valence-electron chi connectivity index (χ3n) is 2.83. The topological polar surface area (TPSA) is 23.8 Å². The van der Waals surface area contributed by atoms with Crippen molar-refractivity contribution in [3.05, 3.63) is 0 Å². The smallest absolute Gasteiger partial charge is 0.209 e. The highest BCUT2D eigenvalue weighted by atomic mass is 19.3. The molecule has 74 valence electrons. The molecule has 1 nitrogen and oxygen atoms in total. The van der Waals surface area contributed by atoms with Crippen LogP contribution < -0.4 is 0 Å². The van der Waals surface area contributed by atoms with Crippen LogP contribution in [-0.4, -0.2) is 6.43 Å². The van der Waals surface area contributed by atoms with Gasteiger partial charge in [0, 0.05) is 0 Å². The lowest BCUT2D eigenvalue weighted by molar-refractivity contribution is 0.0687. The monoisotopic (exact) mass is 187 g/mol. The summed E-state index contributed by atoms with van der Waals surface area (Å²) in [6.07, 6.45) is 3.44. The molecule has 0 spiro atoms. The Labute approximate surface area is 77.7 Å². The number of rotatable bonds is 2. The first-order valence-electron chi connectivity index (χ1n) is 4.93. The zero-order valence-electron chi connectivity index (χ0n) is 7.68. The maximum Gasteiger partial charge on any atom is 0.254 e. The fourth-order valence-electron chi connectivity index (χ4n) is 2.04. The number of hydrogen-bond acceptors (Lipinski definition) is 1. The van der Waals surface area contributed by atoms with Gasteiger partial charge >= 0.3 is 0 Å². The van der Waals surface area contributed by atoms with E-state index >= 15 is 0 Å². The van der Waals surface area contributed by atoms with E-state index in [1.54, 1.807) is 6.07 Å². The second-order valence-electron chi connectivity index (χ2n) is 3.74. The Hall–Kier alpha value is -0.650. The Bertz CT molecular complexity index is 178. The normalized spacial score (nSPS) is 22.3. The van der Waals surface area contributed by atoms with Gasteiger partial charge in [-0.2, -0.15) is 5.26 Å². The second kappa shape index (κ2) is 5.16. The Balaban J connectivity index is 2.51. The Morgan fingerprint density at radius 2 is 1.62 bits per heavy atom. The second-order valence-corrected chi connectivity index (χ2v) is 3.74. The van der Waals surface area contributed by atoms with Crippen molar-refractivity contribution < 1.29 is 8.78 Å². The van der Waals surface area contributed by atoms with Gasteiger partial charge in [-0.1, -0.05) is 25.7 Å². The van der Waals surface area contributed by atoms with E-state index < -0.39 is 12.3 Å². The highest BCUT2D eigenvalue weighted by Crippen LogP contribution is 2.31. The van der Waals surface area contributed by atoms with Crippen LogP contribution in [0.15, 0.2) is 0 Å². The molecule has 1 aliphatic carbocycles. The molecule has 1 saturated carbocycles. The van der Waals surface area contributed by atoms with Crippen LogP contribution in [0.3, 0.4) is 0 Å². The minimum Gasteiger partial charge on any atom is -0.209 e. The summed E-state index contributed by atoms with van der Waals surface area (Å²) in [6.45, 7) is 0. The quantitative estimate of drug-likeness (QED) is 0.608. The predicted octanol–water partition coefficient (Wildman–Crippen LogP) is 3.36. The summed E-state index contributed by atoms with van der Waals surface area (Å²) in [5.74, 6) is -1.09. The fourth-order valence-corrected chi connectivity index (χ4v) is 2.04. The van der Waals surface area contributed by atoms with Gasteiger partial charge in [0.05, 0.1) is 6.07 Å². The maximum atomic E-state index is 12.4. The summed E-state index contributed by atoms with van der Waals surface area (Å²) in [4.78, 5) is 0. The van der Waals surface area contributed by atoms with Gasteiger partial charge in [-0.15, -0.1) is 0 Å². The van der Waals surface area contributed by atoms with Gasteiger partial charge in [-0.25, -0.2) is 8.78 Å². The van der Waals surface area contributed by atoms with Crippen molar-refractivity contribution in [1.29, 1.82) is 5.26 Å². The summed E-state index contributed by atoms with van der Waals surface area (Å²) >= 11 is 0. The van der Waals surface area contributed by atoms with Crippen molar-refractivity contribution in [3.8, 4) is 6.07 Å². The molecule has 0 aliphatic heterocycles. The van der Waals surface area contributed by atoms with Gasteiger partial charge in [0.2, 0.25) is 0 Å². The molecule has 1 unspecified atom stereocenters. The molecule has 0 aromatic heterocycles. The van der Waals surface area contributed by atoms with Crippen molar-refractivity contribution >= 4 is 0 Å². The van der Waals surface area contributed by atoms with E-state index in [-0.39, 0.29) is 5.92 Å². The van der Waals surface area contributed by atoms with E-state index in [9.17, 15) is 8.78 Å². The van der Waals surface area contributed by atoms with E-state index in [4.69, 9.17) is 5.26 Å². The third-order valence-corrected chi connectivity index (χ3v) is 2.83. The third kappa shape index (κ3) is 2.95. The molecule has 13 heavy (non-hydrogen) atoms. The van der Waals surface area contributed by atoms with Crippen LogP contribution in [0.4, 0.5) is 8.78 Å². The van der Waals surface area contributed by atoms with E-state index in [1.807, 2.05) is 0 Å². The molecule has 0 aromatic carbocycles. The minimum atomic E-state index is -2.46. The molecule has 0 N–H and O–H groups in total. The number of hydrogen-bond donors (Lipinski definition) is 0. The van der Waals surface area contributed by atoms with E-state index in [0.29, 0.717) is 0 Å². The van der Waals surface area contributed by atoms with Gasteiger partial charge < -0.3 is 0 Å². The van der Waals surface area contributed by atoms with Gasteiger partial charge in [0.15, 0.2) is 0 Å². The van der Waals surface area contributed by atoms with Crippen molar-refractivity contribution in [2.75, 3.05) is 0 Å². The van der Waals surface area contributed by atoms with E-state index in [0.717, 1.165) is 38.5 Å². The Kier molecular flexibility index (Phi) is 4.14. The van der Waals surface area contributed by atoms with Crippen LogP contribution in [0.25, 0.3) is 0 Å². The molecule has 1 atom stereocenters. The van der Waals surface area contributed by atoms with Crippen LogP contribution in [0.1, 0.15) is 38.5 Å². The largest absolute Gasteiger partial charge is 0.254 e. The van der Waals surface area contributed by atoms with Crippen molar-refractivity contribution in [1.82, 2.24) is 0 Å². The van der Waals surface area contributed by atoms with Crippen LogP contribution in [-0.2, 0) is 0 Å². The average Bonchev–Trinajstić information content (AvgIpc) is 2.33. The molecular weight excluding hydrogens is 172 g/mol. The first-order chi connectivity index (χ1) is 6.25. The number of alkyl halides is 2. The lowest BCUT2D eigenvalue weighted by Crippen LogP contribution is -2.20.